The van der Waals surface area contributed by atoms with Gasteiger partial charge in [-0.3, -0.25) is 4.79 Å². The Balaban J connectivity index is 1.40. The lowest BCUT2D eigenvalue weighted by Crippen LogP contribution is -2.56. The van der Waals surface area contributed by atoms with Crippen LogP contribution in [0, 0.1) is 11.8 Å². The molecule has 30 heavy (non-hydrogen) atoms. The van der Waals surface area contributed by atoms with Gasteiger partial charge in [-0.05, 0) is 39.5 Å². The van der Waals surface area contributed by atoms with Gasteiger partial charge in [0.2, 0.25) is 5.91 Å². The fourth-order valence-corrected chi connectivity index (χ4v) is 5.20. The van der Waals surface area contributed by atoms with Crippen molar-refractivity contribution in [3.63, 3.8) is 0 Å². The summed E-state index contributed by atoms with van der Waals surface area (Å²) in [4.78, 5) is 23.9. The first-order valence-electron chi connectivity index (χ1n) is 10.8. The summed E-state index contributed by atoms with van der Waals surface area (Å²) in [6.45, 7) is 10.2. The molecule has 4 aliphatic rings. The van der Waals surface area contributed by atoms with Crippen LogP contribution in [0.4, 0.5) is 4.79 Å². The van der Waals surface area contributed by atoms with E-state index >= 15 is 0 Å². The van der Waals surface area contributed by atoms with Crippen LogP contribution in [0.1, 0.15) is 53.9 Å². The van der Waals surface area contributed by atoms with Crippen molar-refractivity contribution >= 4 is 12.0 Å². The van der Waals surface area contributed by atoms with Gasteiger partial charge in [0.1, 0.15) is 23.3 Å². The Kier molecular flexibility index (Phi) is 5.12. The lowest BCUT2D eigenvalue weighted by molar-refractivity contribution is -0.121. The van der Waals surface area contributed by atoms with E-state index in [1.807, 2.05) is 6.92 Å². The molecule has 9 heteroatoms. The molecule has 1 spiro atoms. The zero-order chi connectivity index (χ0) is 22.1. The number of rotatable bonds is 7. The van der Waals surface area contributed by atoms with E-state index in [4.69, 9.17) is 24.7 Å². The molecule has 4 unspecified atom stereocenters. The molecular weight excluding hydrogens is 392 g/mol. The number of alkyl carbamates (subject to hydrolysis) is 1. The number of hydrogen-bond donors (Lipinski definition) is 3. The Bertz CT molecular complexity index is 722. The molecule has 0 bridgehead atoms. The van der Waals surface area contributed by atoms with Gasteiger partial charge in [0.05, 0.1) is 36.4 Å². The van der Waals surface area contributed by atoms with E-state index in [-0.39, 0.29) is 29.6 Å². The highest BCUT2D eigenvalue weighted by molar-refractivity contribution is 5.84. The van der Waals surface area contributed by atoms with E-state index in [9.17, 15) is 14.7 Å². The number of nitrogens with one attached hydrogen (secondary N) is 1. The first-order valence-corrected chi connectivity index (χ1v) is 10.8. The molecule has 4 fully saturated rings. The van der Waals surface area contributed by atoms with Gasteiger partial charge < -0.3 is 35.1 Å². The van der Waals surface area contributed by atoms with Gasteiger partial charge in [-0.15, -0.1) is 0 Å². The number of carbonyl (C=O) groups excluding carboxylic acids is 2. The van der Waals surface area contributed by atoms with E-state index in [0.29, 0.717) is 19.4 Å². The molecule has 9 nitrogen and oxygen atoms in total. The topological polar surface area (TPSA) is 139 Å². The fourth-order valence-electron chi connectivity index (χ4n) is 5.20. The minimum atomic E-state index is -0.929. The second-order valence-corrected chi connectivity index (χ2v) is 10.3. The van der Waals surface area contributed by atoms with Crippen LogP contribution in [0.15, 0.2) is 0 Å². The van der Waals surface area contributed by atoms with Crippen molar-refractivity contribution in [2.45, 2.75) is 101 Å². The van der Waals surface area contributed by atoms with Gasteiger partial charge in [-0.1, -0.05) is 13.8 Å². The van der Waals surface area contributed by atoms with Crippen molar-refractivity contribution < 1.29 is 33.6 Å². The van der Waals surface area contributed by atoms with Crippen molar-refractivity contribution in [1.29, 1.82) is 0 Å². The summed E-state index contributed by atoms with van der Waals surface area (Å²) in [5.41, 5.74) is 4.26. The average Bonchev–Trinajstić information content (AvgIpc) is 3.57. The zero-order valence-corrected chi connectivity index (χ0v) is 18.3. The first kappa shape index (κ1) is 21.8. The van der Waals surface area contributed by atoms with Crippen molar-refractivity contribution in [2.24, 2.45) is 17.6 Å². The molecule has 3 saturated heterocycles. The number of aliphatic hydroxyl groups is 1. The Morgan fingerprint density at radius 3 is 2.37 bits per heavy atom. The third kappa shape index (κ3) is 3.81. The van der Waals surface area contributed by atoms with Crippen LogP contribution in [0.25, 0.3) is 0 Å². The summed E-state index contributed by atoms with van der Waals surface area (Å²) >= 11 is 0. The molecule has 3 heterocycles. The number of amides is 2. The molecule has 170 valence electrons. The van der Waals surface area contributed by atoms with Crippen LogP contribution in [-0.4, -0.2) is 71.0 Å². The molecule has 1 aliphatic carbocycles. The minimum Gasteiger partial charge on any atom is -0.443 e. The van der Waals surface area contributed by atoms with Crippen molar-refractivity contribution in [2.75, 3.05) is 6.61 Å². The SMILES string of the molecule is CC(C)[C@@H](NC(=O)O[C@@H]1CCC2(CO2)C(C2(C)O[C@H]2CC2OC2(C)C)[C@@H]1O)C(N)=O. The summed E-state index contributed by atoms with van der Waals surface area (Å²) in [5.74, 6) is -1.10. The Morgan fingerprint density at radius 2 is 1.87 bits per heavy atom. The van der Waals surface area contributed by atoms with Gasteiger partial charge in [0.25, 0.3) is 0 Å². The van der Waals surface area contributed by atoms with Crippen LogP contribution >= 0.6 is 0 Å². The monoisotopic (exact) mass is 426 g/mol. The smallest absolute Gasteiger partial charge is 0.408 e. The molecule has 3 aliphatic heterocycles. The Morgan fingerprint density at radius 1 is 1.23 bits per heavy atom. The molecule has 4 rings (SSSR count). The number of primary amides is 1. The number of aliphatic hydroxyl groups excluding tert-OH is 1. The maximum atomic E-state index is 12.4. The largest absolute Gasteiger partial charge is 0.443 e. The van der Waals surface area contributed by atoms with Gasteiger partial charge in [-0.25, -0.2) is 4.79 Å². The van der Waals surface area contributed by atoms with E-state index in [1.165, 1.54) is 0 Å². The van der Waals surface area contributed by atoms with Crippen LogP contribution in [0.3, 0.4) is 0 Å². The molecule has 0 aromatic heterocycles. The van der Waals surface area contributed by atoms with Crippen LogP contribution < -0.4 is 11.1 Å². The summed E-state index contributed by atoms with van der Waals surface area (Å²) in [6, 6.07) is -0.831. The van der Waals surface area contributed by atoms with E-state index < -0.39 is 41.5 Å². The standard InChI is InChI=1S/C21H34N2O7/c1-10(2)14(17(22)25)23-18(26)28-11-6-7-21(9-27-21)16(15(11)24)20(5)13(30-20)8-12-19(3,4)29-12/h10-16,24H,6-9H2,1-5H3,(H2,22,25)(H,23,26)/t11-,12?,13+,14-,15-,16?,20?,21?/m1/s1. The van der Waals surface area contributed by atoms with E-state index in [0.717, 1.165) is 6.42 Å². The summed E-state index contributed by atoms with van der Waals surface area (Å²) in [5, 5.41) is 13.7. The highest BCUT2D eigenvalue weighted by atomic mass is 16.6. The highest BCUT2D eigenvalue weighted by Gasteiger charge is 2.73. The van der Waals surface area contributed by atoms with Crippen molar-refractivity contribution in [1.82, 2.24) is 5.32 Å². The number of carbonyl (C=O) groups is 2. The van der Waals surface area contributed by atoms with Crippen LogP contribution in [0.2, 0.25) is 0 Å². The predicted octanol–water partition coefficient (Wildman–Crippen LogP) is 0.856. The lowest BCUT2D eigenvalue weighted by Gasteiger charge is -2.41. The second-order valence-electron chi connectivity index (χ2n) is 10.3. The average molecular weight is 427 g/mol. The number of ether oxygens (including phenoxy) is 4. The Labute approximate surface area is 176 Å². The second kappa shape index (κ2) is 7.05. The highest BCUT2D eigenvalue weighted by Crippen LogP contribution is 2.60. The molecule has 0 aromatic rings. The van der Waals surface area contributed by atoms with Crippen molar-refractivity contribution in [3.8, 4) is 0 Å². The molecular formula is C21H34N2O7. The van der Waals surface area contributed by atoms with Gasteiger partial charge in [0, 0.05) is 6.42 Å². The van der Waals surface area contributed by atoms with E-state index in [1.54, 1.807) is 13.8 Å². The molecule has 1 saturated carbocycles. The molecule has 8 atom stereocenters. The molecule has 0 aromatic carbocycles. The molecule has 2 amide bonds. The third-order valence-corrected chi connectivity index (χ3v) is 7.35. The number of hydrogen-bond acceptors (Lipinski definition) is 7. The first-order chi connectivity index (χ1) is 13.9. The minimum absolute atomic E-state index is 0.0299. The third-order valence-electron chi connectivity index (χ3n) is 7.35. The van der Waals surface area contributed by atoms with E-state index in [2.05, 4.69) is 19.2 Å². The van der Waals surface area contributed by atoms with Gasteiger partial charge in [0.15, 0.2) is 0 Å². The number of epoxide rings is 3. The predicted molar refractivity (Wildman–Crippen MR) is 105 cm³/mol. The van der Waals surface area contributed by atoms with Gasteiger partial charge >= 0.3 is 6.09 Å². The van der Waals surface area contributed by atoms with Gasteiger partial charge in [-0.2, -0.15) is 0 Å². The van der Waals surface area contributed by atoms with Crippen LogP contribution in [-0.2, 0) is 23.7 Å². The fraction of sp³-hybridized carbons (Fsp3) is 0.905. The maximum absolute atomic E-state index is 12.4. The van der Waals surface area contributed by atoms with Crippen LogP contribution in [0.5, 0.6) is 0 Å². The quantitative estimate of drug-likeness (QED) is 0.513. The summed E-state index contributed by atoms with van der Waals surface area (Å²) < 4.78 is 23.1. The zero-order valence-electron chi connectivity index (χ0n) is 18.3. The summed E-state index contributed by atoms with van der Waals surface area (Å²) in [6.07, 6.45) is -0.348. The molecule has 0 radical (unpaired) electrons. The van der Waals surface area contributed by atoms with Crippen molar-refractivity contribution in [3.05, 3.63) is 0 Å². The lowest BCUT2D eigenvalue weighted by atomic mass is 9.68. The Hall–Kier alpha value is -1.42. The number of nitrogens with two attached hydrogens (primary N) is 1. The molecule has 4 N–H and O–H groups in total. The normalized spacial score (nSPS) is 44.4. The summed E-state index contributed by atoms with van der Waals surface area (Å²) in [7, 11) is 0. The maximum Gasteiger partial charge on any atom is 0.408 e.